The molecule has 9 heteroatoms. The third-order valence-electron chi connectivity index (χ3n) is 4.88. The molecular weight excluding hydrogens is 515 g/mol. The van der Waals surface area contributed by atoms with Gasteiger partial charge in [-0.2, -0.15) is 0 Å². The van der Waals surface area contributed by atoms with Gasteiger partial charge in [-0.15, -0.1) is 24.0 Å². The minimum Gasteiger partial charge on any atom is -0.349 e. The molecule has 1 amide bonds. The zero-order valence-electron chi connectivity index (χ0n) is 17.7. The molecule has 1 fully saturated rings. The molecule has 2 heterocycles. The molecule has 0 aliphatic carbocycles. The average Bonchev–Trinajstić information content (AvgIpc) is 3.12. The Hall–Kier alpha value is -1.81. The van der Waals surface area contributed by atoms with Crippen LogP contribution in [0.3, 0.4) is 0 Å². The Balaban J connectivity index is 0.00000320. The van der Waals surface area contributed by atoms with Gasteiger partial charge >= 0.3 is 0 Å². The van der Waals surface area contributed by atoms with Gasteiger partial charge in [0.05, 0.1) is 13.1 Å². The number of nitrogens with one attached hydrogen (secondary N) is 1. The van der Waals surface area contributed by atoms with E-state index < -0.39 is 0 Å². The van der Waals surface area contributed by atoms with Crippen molar-refractivity contribution in [2.75, 3.05) is 26.7 Å². The molecule has 1 aromatic carbocycles. The third-order valence-corrected chi connectivity index (χ3v) is 5.14. The van der Waals surface area contributed by atoms with E-state index in [4.69, 9.17) is 11.6 Å². The molecule has 1 N–H and O–H groups in total. The predicted octanol–water partition coefficient (Wildman–Crippen LogP) is 3.23. The maximum atomic E-state index is 12.7. The van der Waals surface area contributed by atoms with Crippen LogP contribution in [0.5, 0.6) is 0 Å². The molecule has 30 heavy (non-hydrogen) atoms. The van der Waals surface area contributed by atoms with Crippen molar-refractivity contribution in [1.29, 1.82) is 0 Å². The number of piperazine rings is 1. The van der Waals surface area contributed by atoms with Crippen LogP contribution in [-0.2, 0) is 24.4 Å². The number of hydrogen-bond donors (Lipinski definition) is 1. The summed E-state index contributed by atoms with van der Waals surface area (Å²) < 4.78 is 2.15. The van der Waals surface area contributed by atoms with E-state index in [-0.39, 0.29) is 29.9 Å². The van der Waals surface area contributed by atoms with Crippen molar-refractivity contribution in [2.45, 2.75) is 33.5 Å². The van der Waals surface area contributed by atoms with E-state index >= 15 is 0 Å². The van der Waals surface area contributed by atoms with Crippen molar-refractivity contribution < 1.29 is 4.79 Å². The summed E-state index contributed by atoms with van der Waals surface area (Å²) >= 11 is 5.94. The molecule has 0 spiro atoms. The monoisotopic (exact) mass is 544 g/mol. The Morgan fingerprint density at radius 3 is 2.63 bits per heavy atom. The maximum absolute atomic E-state index is 12.7. The van der Waals surface area contributed by atoms with Gasteiger partial charge in [-0.1, -0.05) is 37.6 Å². The lowest BCUT2D eigenvalue weighted by atomic mass is 10.2. The van der Waals surface area contributed by atoms with Gasteiger partial charge in [0.25, 0.3) is 0 Å². The molecule has 1 aliphatic heterocycles. The van der Waals surface area contributed by atoms with Crippen LogP contribution >= 0.6 is 35.6 Å². The predicted molar refractivity (Wildman–Crippen MR) is 131 cm³/mol. The van der Waals surface area contributed by atoms with Crippen molar-refractivity contribution in [3.8, 4) is 0 Å². The van der Waals surface area contributed by atoms with E-state index in [1.807, 2.05) is 46.5 Å². The summed E-state index contributed by atoms with van der Waals surface area (Å²) in [6.07, 6.45) is 3.82. The summed E-state index contributed by atoms with van der Waals surface area (Å²) in [5, 5.41) is 4.06. The van der Waals surface area contributed by atoms with Crippen LogP contribution in [0.4, 0.5) is 0 Å². The first kappa shape index (κ1) is 24.5. The van der Waals surface area contributed by atoms with Crippen molar-refractivity contribution in [1.82, 2.24) is 24.7 Å². The highest BCUT2D eigenvalue weighted by Crippen LogP contribution is 2.14. The Bertz CT molecular complexity index is 851. The minimum atomic E-state index is 0. The van der Waals surface area contributed by atoms with Crippen LogP contribution in [0.25, 0.3) is 0 Å². The highest BCUT2D eigenvalue weighted by atomic mass is 127. The summed E-state index contributed by atoms with van der Waals surface area (Å²) in [4.78, 5) is 25.3. The van der Waals surface area contributed by atoms with E-state index in [1.54, 1.807) is 7.05 Å². The van der Waals surface area contributed by atoms with E-state index in [0.29, 0.717) is 37.1 Å². The fraction of sp³-hybridized carbons (Fsp3) is 0.476. The molecule has 164 valence electrons. The summed E-state index contributed by atoms with van der Waals surface area (Å²) in [6, 6.07) is 7.63. The molecule has 0 atom stereocenters. The van der Waals surface area contributed by atoms with E-state index in [1.165, 1.54) is 0 Å². The number of benzene rings is 1. The normalized spacial score (nSPS) is 14.8. The number of aromatic nitrogens is 2. The van der Waals surface area contributed by atoms with Gasteiger partial charge in [-0.25, -0.2) is 4.98 Å². The van der Waals surface area contributed by atoms with E-state index in [0.717, 1.165) is 30.4 Å². The van der Waals surface area contributed by atoms with Crippen LogP contribution in [-0.4, -0.2) is 57.9 Å². The molecule has 0 unspecified atom stereocenters. The van der Waals surface area contributed by atoms with Gasteiger partial charge in [0.1, 0.15) is 5.82 Å². The summed E-state index contributed by atoms with van der Waals surface area (Å²) in [5.74, 6) is 2.33. The number of aliphatic imine (C=N–C) groups is 1. The van der Waals surface area contributed by atoms with Crippen LogP contribution in [0.15, 0.2) is 41.7 Å². The average molecular weight is 545 g/mol. The fourth-order valence-corrected chi connectivity index (χ4v) is 3.55. The zero-order chi connectivity index (χ0) is 20.8. The van der Waals surface area contributed by atoms with Crippen LogP contribution in [0.2, 0.25) is 5.02 Å². The van der Waals surface area contributed by atoms with Crippen molar-refractivity contribution in [3.63, 3.8) is 0 Å². The minimum absolute atomic E-state index is 0. The highest BCUT2D eigenvalue weighted by molar-refractivity contribution is 14.0. The molecule has 1 saturated heterocycles. The summed E-state index contributed by atoms with van der Waals surface area (Å²) in [5.41, 5.74) is 1.08. The number of guanidine groups is 1. The molecule has 0 bridgehead atoms. The quantitative estimate of drug-likeness (QED) is 0.345. The van der Waals surface area contributed by atoms with Gasteiger partial charge < -0.3 is 19.7 Å². The number of halogens is 2. The topological polar surface area (TPSA) is 65.8 Å². The maximum Gasteiger partial charge on any atom is 0.242 e. The van der Waals surface area contributed by atoms with Crippen LogP contribution in [0, 0.1) is 5.92 Å². The molecule has 0 radical (unpaired) electrons. The SMILES string of the molecule is CN=C(NCc1nccn1CC(C)C)N1CCN(Cc2ccc(Cl)cc2)C(=O)C1.I. The van der Waals surface area contributed by atoms with Gasteiger partial charge in [0, 0.05) is 50.6 Å². The Morgan fingerprint density at radius 2 is 2.00 bits per heavy atom. The smallest absolute Gasteiger partial charge is 0.242 e. The number of carbonyl (C=O) groups excluding carboxylic acids is 1. The first-order valence-corrected chi connectivity index (χ1v) is 10.3. The number of amides is 1. The Labute approximate surface area is 200 Å². The molecule has 1 aliphatic rings. The van der Waals surface area contributed by atoms with Gasteiger partial charge in [-0.3, -0.25) is 9.79 Å². The lowest BCUT2D eigenvalue weighted by Crippen LogP contribution is -2.54. The lowest BCUT2D eigenvalue weighted by Gasteiger charge is -2.36. The van der Waals surface area contributed by atoms with Crippen molar-refractivity contribution in [2.24, 2.45) is 10.9 Å². The number of carbonyl (C=O) groups is 1. The lowest BCUT2D eigenvalue weighted by molar-refractivity contribution is -0.135. The first-order chi connectivity index (χ1) is 14.0. The van der Waals surface area contributed by atoms with E-state index in [9.17, 15) is 4.79 Å². The number of nitrogens with zero attached hydrogens (tertiary/aromatic N) is 5. The molecule has 0 saturated carbocycles. The second-order valence-electron chi connectivity index (χ2n) is 7.65. The summed E-state index contributed by atoms with van der Waals surface area (Å²) in [7, 11) is 1.74. The van der Waals surface area contributed by atoms with E-state index in [2.05, 4.69) is 33.7 Å². The Morgan fingerprint density at radius 1 is 1.27 bits per heavy atom. The highest BCUT2D eigenvalue weighted by Gasteiger charge is 2.26. The molecule has 7 nitrogen and oxygen atoms in total. The largest absolute Gasteiger partial charge is 0.349 e. The van der Waals surface area contributed by atoms with Gasteiger partial charge in [-0.05, 0) is 23.6 Å². The third kappa shape index (κ3) is 6.60. The number of hydrogen-bond acceptors (Lipinski definition) is 3. The molecule has 3 rings (SSSR count). The molecule has 2 aromatic rings. The first-order valence-electron chi connectivity index (χ1n) is 9.94. The fourth-order valence-electron chi connectivity index (χ4n) is 3.42. The Kier molecular flexibility index (Phi) is 9.41. The second kappa shape index (κ2) is 11.5. The van der Waals surface area contributed by atoms with Crippen LogP contribution < -0.4 is 5.32 Å². The van der Waals surface area contributed by atoms with Crippen molar-refractivity contribution in [3.05, 3.63) is 53.1 Å². The zero-order valence-corrected chi connectivity index (χ0v) is 20.8. The summed E-state index contributed by atoms with van der Waals surface area (Å²) in [6.45, 7) is 8.18. The van der Waals surface area contributed by atoms with Crippen molar-refractivity contribution >= 4 is 47.4 Å². The number of imidazole rings is 1. The van der Waals surface area contributed by atoms with Gasteiger partial charge in [0.2, 0.25) is 5.91 Å². The van der Waals surface area contributed by atoms with Crippen LogP contribution in [0.1, 0.15) is 25.2 Å². The van der Waals surface area contributed by atoms with Gasteiger partial charge in [0.15, 0.2) is 5.96 Å². The molecular formula is C21H30ClIN6O. The number of rotatable bonds is 6. The second-order valence-corrected chi connectivity index (χ2v) is 8.09. The molecule has 1 aromatic heterocycles. The standard InChI is InChI=1S/C21H29ClN6O.HI/c1-16(2)13-26-9-8-24-19(26)12-25-21(23-3)28-11-10-27(20(29)15-28)14-17-4-6-18(22)7-5-17;/h4-9,16H,10-15H2,1-3H3,(H,23,25);1H.